The lowest BCUT2D eigenvalue weighted by atomic mass is 9.96. The van der Waals surface area contributed by atoms with Gasteiger partial charge in [0.1, 0.15) is 18.0 Å². The molecule has 9 nitrogen and oxygen atoms in total. The second kappa shape index (κ2) is 8.84. The Balaban J connectivity index is 1.17. The Hall–Kier alpha value is -2.65. The van der Waals surface area contributed by atoms with Gasteiger partial charge in [0.25, 0.3) is 0 Å². The first-order valence-corrected chi connectivity index (χ1v) is 11.0. The standard InChI is InChI=1S/C22H28N4O5/c1-13-23-21(26-31-13)14-6-5-9-16(10-14)30-18-12-29-19-17(11-28-20(18)19)25-22(27)24-15-7-3-2-4-8-15/h5-6,9-10,15,17-20H,2-4,7-8,11-12H2,1H3,(H2,24,25,27)/t17-,18-,19+,20+/m0/s1. The van der Waals surface area contributed by atoms with Crippen LogP contribution in [0.4, 0.5) is 4.79 Å². The lowest BCUT2D eigenvalue weighted by molar-refractivity contribution is 0.0304. The van der Waals surface area contributed by atoms with Crippen LogP contribution in [0.15, 0.2) is 28.8 Å². The molecule has 3 aliphatic rings. The highest BCUT2D eigenvalue weighted by Crippen LogP contribution is 2.31. The number of fused-ring (bicyclic) bond motifs is 1. The van der Waals surface area contributed by atoms with Crippen LogP contribution >= 0.6 is 0 Å². The van der Waals surface area contributed by atoms with Crippen molar-refractivity contribution in [3.05, 3.63) is 30.2 Å². The van der Waals surface area contributed by atoms with Crippen molar-refractivity contribution in [2.24, 2.45) is 0 Å². The third-order valence-corrected chi connectivity index (χ3v) is 6.17. The molecule has 3 fully saturated rings. The highest BCUT2D eigenvalue weighted by atomic mass is 16.6. The van der Waals surface area contributed by atoms with Gasteiger partial charge in [-0.05, 0) is 25.0 Å². The normalized spacial score (nSPS) is 28.3. The summed E-state index contributed by atoms with van der Waals surface area (Å²) >= 11 is 0. The van der Waals surface area contributed by atoms with Crippen molar-refractivity contribution >= 4 is 6.03 Å². The number of nitrogens with one attached hydrogen (secondary N) is 2. The fourth-order valence-corrected chi connectivity index (χ4v) is 4.63. The smallest absolute Gasteiger partial charge is 0.315 e. The fraction of sp³-hybridized carbons (Fsp3) is 0.591. The molecule has 1 aromatic carbocycles. The average Bonchev–Trinajstić information content (AvgIpc) is 3.48. The molecule has 1 aromatic heterocycles. The molecule has 166 valence electrons. The van der Waals surface area contributed by atoms with E-state index in [1.54, 1.807) is 6.92 Å². The summed E-state index contributed by atoms with van der Waals surface area (Å²) in [7, 11) is 0. The van der Waals surface area contributed by atoms with Crippen LogP contribution in [0.2, 0.25) is 0 Å². The summed E-state index contributed by atoms with van der Waals surface area (Å²) in [6.45, 7) is 2.57. The van der Waals surface area contributed by atoms with Crippen LogP contribution in [0.5, 0.6) is 5.75 Å². The van der Waals surface area contributed by atoms with E-state index in [0.717, 1.165) is 18.4 Å². The van der Waals surface area contributed by atoms with E-state index in [-0.39, 0.29) is 36.4 Å². The first kappa shape index (κ1) is 20.3. The number of carbonyl (C=O) groups is 1. The summed E-state index contributed by atoms with van der Waals surface area (Å²) in [6, 6.07) is 7.49. The second-order valence-electron chi connectivity index (χ2n) is 8.48. The number of rotatable bonds is 5. The largest absolute Gasteiger partial charge is 0.485 e. The van der Waals surface area contributed by atoms with Crippen molar-refractivity contribution in [2.75, 3.05) is 13.2 Å². The highest BCUT2D eigenvalue weighted by molar-refractivity contribution is 5.74. The molecule has 2 aromatic rings. The maximum Gasteiger partial charge on any atom is 0.315 e. The molecule has 2 amide bonds. The number of aromatic nitrogens is 2. The Bertz CT molecular complexity index is 913. The molecular formula is C22H28N4O5. The first-order valence-electron chi connectivity index (χ1n) is 11.0. The Labute approximate surface area is 180 Å². The SMILES string of the molecule is Cc1nc(-c2cccc(O[C@H]3CO[C@H]4[C@@H]3OC[C@@H]4NC(=O)NC3CCCCC3)c2)no1. The van der Waals surface area contributed by atoms with Crippen molar-refractivity contribution in [2.45, 2.75) is 69.4 Å². The summed E-state index contributed by atoms with van der Waals surface area (Å²) in [5.41, 5.74) is 0.816. The molecule has 2 saturated heterocycles. The highest BCUT2D eigenvalue weighted by Gasteiger charge is 2.49. The van der Waals surface area contributed by atoms with E-state index in [2.05, 4.69) is 20.8 Å². The zero-order valence-electron chi connectivity index (χ0n) is 17.6. The van der Waals surface area contributed by atoms with Gasteiger partial charge in [0.05, 0.1) is 19.3 Å². The van der Waals surface area contributed by atoms with E-state index in [4.69, 9.17) is 18.7 Å². The van der Waals surface area contributed by atoms with Gasteiger partial charge in [-0.3, -0.25) is 0 Å². The van der Waals surface area contributed by atoms with Crippen LogP contribution in [0.25, 0.3) is 11.4 Å². The Morgan fingerprint density at radius 3 is 2.74 bits per heavy atom. The Morgan fingerprint density at radius 1 is 1.10 bits per heavy atom. The number of nitrogens with zero attached hydrogens (tertiary/aromatic N) is 2. The third kappa shape index (κ3) is 4.52. The van der Waals surface area contributed by atoms with E-state index < -0.39 is 0 Å². The van der Waals surface area contributed by atoms with Gasteiger partial charge in [-0.1, -0.05) is 36.6 Å². The molecule has 4 atom stereocenters. The van der Waals surface area contributed by atoms with Gasteiger partial charge in [0.15, 0.2) is 6.10 Å². The maximum absolute atomic E-state index is 12.4. The van der Waals surface area contributed by atoms with Gasteiger partial charge in [-0.25, -0.2) is 4.79 Å². The lowest BCUT2D eigenvalue weighted by Crippen LogP contribution is -2.51. The molecule has 0 radical (unpaired) electrons. The van der Waals surface area contributed by atoms with Crippen LogP contribution < -0.4 is 15.4 Å². The topological polar surface area (TPSA) is 108 Å². The number of carbonyl (C=O) groups excluding carboxylic acids is 1. The molecule has 1 aliphatic carbocycles. The van der Waals surface area contributed by atoms with E-state index in [0.29, 0.717) is 30.7 Å². The number of hydrogen-bond acceptors (Lipinski definition) is 7. The molecule has 3 heterocycles. The Kier molecular flexibility index (Phi) is 5.78. The maximum atomic E-state index is 12.4. The van der Waals surface area contributed by atoms with Crippen molar-refractivity contribution in [1.29, 1.82) is 0 Å². The lowest BCUT2D eigenvalue weighted by Gasteiger charge is -2.24. The summed E-state index contributed by atoms with van der Waals surface area (Å²) in [5.74, 6) is 1.72. The summed E-state index contributed by atoms with van der Waals surface area (Å²) in [4.78, 5) is 16.7. The number of urea groups is 1. The number of amides is 2. The average molecular weight is 428 g/mol. The Morgan fingerprint density at radius 2 is 1.94 bits per heavy atom. The summed E-state index contributed by atoms with van der Waals surface area (Å²) in [6.07, 6.45) is 5.02. The molecular weight excluding hydrogens is 400 g/mol. The van der Waals surface area contributed by atoms with Gasteiger partial charge in [0.2, 0.25) is 11.7 Å². The van der Waals surface area contributed by atoms with Gasteiger partial charge in [0, 0.05) is 18.5 Å². The fourth-order valence-electron chi connectivity index (χ4n) is 4.63. The molecule has 2 N–H and O–H groups in total. The quantitative estimate of drug-likeness (QED) is 0.754. The number of aryl methyl sites for hydroxylation is 1. The van der Waals surface area contributed by atoms with Crippen molar-refractivity contribution < 1.29 is 23.5 Å². The second-order valence-corrected chi connectivity index (χ2v) is 8.48. The molecule has 0 unspecified atom stereocenters. The van der Waals surface area contributed by atoms with Gasteiger partial charge in [-0.15, -0.1) is 0 Å². The molecule has 0 spiro atoms. The zero-order valence-corrected chi connectivity index (χ0v) is 17.6. The van der Waals surface area contributed by atoms with Crippen LogP contribution in [0.1, 0.15) is 38.0 Å². The summed E-state index contributed by atoms with van der Waals surface area (Å²) < 4.78 is 23.1. The van der Waals surface area contributed by atoms with Crippen LogP contribution in [0.3, 0.4) is 0 Å². The van der Waals surface area contributed by atoms with Gasteiger partial charge >= 0.3 is 6.03 Å². The van der Waals surface area contributed by atoms with E-state index in [1.165, 1.54) is 19.3 Å². The predicted molar refractivity (Wildman–Crippen MR) is 111 cm³/mol. The third-order valence-electron chi connectivity index (χ3n) is 6.17. The molecule has 9 heteroatoms. The number of benzene rings is 1. The van der Waals surface area contributed by atoms with Gasteiger partial charge < -0.3 is 29.4 Å². The number of hydrogen-bond donors (Lipinski definition) is 2. The molecule has 0 bridgehead atoms. The zero-order chi connectivity index (χ0) is 21.2. The molecule has 2 aliphatic heterocycles. The minimum absolute atomic E-state index is 0.141. The summed E-state index contributed by atoms with van der Waals surface area (Å²) in [5, 5.41) is 10.1. The molecule has 1 saturated carbocycles. The van der Waals surface area contributed by atoms with Crippen molar-refractivity contribution in [3.63, 3.8) is 0 Å². The predicted octanol–water partition coefficient (Wildman–Crippen LogP) is 2.59. The van der Waals surface area contributed by atoms with Crippen molar-refractivity contribution in [3.8, 4) is 17.1 Å². The van der Waals surface area contributed by atoms with Crippen LogP contribution in [0, 0.1) is 6.92 Å². The van der Waals surface area contributed by atoms with E-state index in [9.17, 15) is 4.79 Å². The van der Waals surface area contributed by atoms with E-state index >= 15 is 0 Å². The molecule has 5 rings (SSSR count). The van der Waals surface area contributed by atoms with Crippen LogP contribution in [-0.4, -0.2) is 59.8 Å². The van der Waals surface area contributed by atoms with E-state index in [1.807, 2.05) is 24.3 Å². The monoisotopic (exact) mass is 428 g/mol. The van der Waals surface area contributed by atoms with Crippen molar-refractivity contribution in [1.82, 2.24) is 20.8 Å². The minimum atomic E-state index is -0.250. The van der Waals surface area contributed by atoms with Gasteiger partial charge in [-0.2, -0.15) is 4.98 Å². The van der Waals surface area contributed by atoms with Crippen LogP contribution in [-0.2, 0) is 9.47 Å². The number of ether oxygens (including phenoxy) is 3. The molecule has 31 heavy (non-hydrogen) atoms. The first-order chi connectivity index (χ1) is 15.2. The minimum Gasteiger partial charge on any atom is -0.485 e.